The minimum atomic E-state index is -0.139. The molecule has 1 aromatic carbocycles. The first-order chi connectivity index (χ1) is 9.10. The SMILES string of the molecule is CNC(Cc1cccc(F)c1)C1CSC(C)C(C)S1. The molecule has 0 saturated carbocycles. The second kappa shape index (κ2) is 7.00. The molecule has 1 aliphatic rings. The Morgan fingerprint density at radius 2 is 2.16 bits per heavy atom. The molecule has 19 heavy (non-hydrogen) atoms. The summed E-state index contributed by atoms with van der Waals surface area (Å²) in [4.78, 5) is 0. The highest BCUT2D eigenvalue weighted by Gasteiger charge is 2.30. The van der Waals surface area contributed by atoms with Gasteiger partial charge in [-0.05, 0) is 31.2 Å². The summed E-state index contributed by atoms with van der Waals surface area (Å²) in [5.74, 6) is 1.04. The van der Waals surface area contributed by atoms with Gasteiger partial charge in [-0.15, -0.1) is 0 Å². The first-order valence-electron chi connectivity index (χ1n) is 6.79. The van der Waals surface area contributed by atoms with E-state index in [-0.39, 0.29) is 5.82 Å². The van der Waals surface area contributed by atoms with Crippen molar-refractivity contribution in [2.24, 2.45) is 0 Å². The highest BCUT2D eigenvalue weighted by Crippen LogP contribution is 2.37. The van der Waals surface area contributed by atoms with Crippen LogP contribution < -0.4 is 5.32 Å². The molecule has 1 N–H and O–H groups in total. The molecule has 2 rings (SSSR count). The van der Waals surface area contributed by atoms with E-state index >= 15 is 0 Å². The third-order valence-corrected chi connectivity index (χ3v) is 7.29. The number of hydrogen-bond donors (Lipinski definition) is 1. The van der Waals surface area contributed by atoms with Gasteiger partial charge in [-0.2, -0.15) is 23.5 Å². The van der Waals surface area contributed by atoms with Gasteiger partial charge in [0.05, 0.1) is 0 Å². The van der Waals surface area contributed by atoms with Gasteiger partial charge in [0.25, 0.3) is 0 Å². The number of nitrogens with one attached hydrogen (secondary N) is 1. The summed E-state index contributed by atoms with van der Waals surface area (Å²) in [5, 5.41) is 5.44. The fourth-order valence-corrected chi connectivity index (χ4v) is 5.53. The third kappa shape index (κ3) is 4.14. The Morgan fingerprint density at radius 3 is 2.79 bits per heavy atom. The zero-order chi connectivity index (χ0) is 13.8. The lowest BCUT2D eigenvalue weighted by atomic mass is 10.0. The van der Waals surface area contributed by atoms with E-state index < -0.39 is 0 Å². The summed E-state index contributed by atoms with van der Waals surface area (Å²) in [6, 6.07) is 7.38. The molecule has 0 spiro atoms. The van der Waals surface area contributed by atoms with E-state index in [1.807, 2.05) is 13.1 Å². The Morgan fingerprint density at radius 1 is 1.37 bits per heavy atom. The maximum Gasteiger partial charge on any atom is 0.123 e. The monoisotopic (exact) mass is 299 g/mol. The van der Waals surface area contributed by atoms with Crippen molar-refractivity contribution < 1.29 is 4.39 Å². The van der Waals surface area contributed by atoms with Gasteiger partial charge >= 0.3 is 0 Å². The zero-order valence-electron chi connectivity index (χ0n) is 11.7. The van der Waals surface area contributed by atoms with E-state index in [4.69, 9.17) is 0 Å². The van der Waals surface area contributed by atoms with Crippen molar-refractivity contribution in [3.05, 3.63) is 35.6 Å². The molecule has 4 atom stereocenters. The summed E-state index contributed by atoms with van der Waals surface area (Å²) in [5.41, 5.74) is 1.08. The quantitative estimate of drug-likeness (QED) is 0.912. The van der Waals surface area contributed by atoms with Crippen LogP contribution in [0.1, 0.15) is 19.4 Å². The summed E-state index contributed by atoms with van der Waals surface area (Å²) >= 11 is 4.13. The molecule has 4 heteroatoms. The predicted octanol–water partition coefficient (Wildman–Crippen LogP) is 3.58. The molecule has 0 bridgehead atoms. The summed E-state index contributed by atoms with van der Waals surface area (Å²) in [6.07, 6.45) is 0.896. The van der Waals surface area contributed by atoms with Crippen LogP contribution in [0.15, 0.2) is 24.3 Å². The van der Waals surface area contributed by atoms with Crippen molar-refractivity contribution in [1.82, 2.24) is 5.32 Å². The molecule has 0 amide bonds. The minimum Gasteiger partial charge on any atom is -0.316 e. The first kappa shape index (κ1) is 15.2. The summed E-state index contributed by atoms with van der Waals surface area (Å²) in [6.45, 7) is 4.61. The predicted molar refractivity (Wildman–Crippen MR) is 85.7 cm³/mol. The van der Waals surface area contributed by atoms with Crippen LogP contribution in [0, 0.1) is 5.82 Å². The van der Waals surface area contributed by atoms with Gasteiger partial charge in [0.15, 0.2) is 0 Å². The van der Waals surface area contributed by atoms with E-state index in [0.717, 1.165) is 17.2 Å². The molecular weight excluding hydrogens is 277 g/mol. The smallest absolute Gasteiger partial charge is 0.123 e. The Bertz CT molecular complexity index is 413. The van der Waals surface area contributed by atoms with Gasteiger partial charge in [0.1, 0.15) is 5.82 Å². The number of halogens is 1. The van der Waals surface area contributed by atoms with Gasteiger partial charge in [0, 0.05) is 27.5 Å². The summed E-state index contributed by atoms with van der Waals surface area (Å²) in [7, 11) is 2.01. The van der Waals surface area contributed by atoms with E-state index in [1.165, 1.54) is 11.8 Å². The zero-order valence-corrected chi connectivity index (χ0v) is 13.4. The van der Waals surface area contributed by atoms with Crippen LogP contribution >= 0.6 is 23.5 Å². The number of thioether (sulfide) groups is 2. The molecule has 0 aromatic heterocycles. The van der Waals surface area contributed by atoms with E-state index in [0.29, 0.717) is 16.5 Å². The average Bonchev–Trinajstić information content (AvgIpc) is 2.39. The van der Waals surface area contributed by atoms with Gasteiger partial charge in [0.2, 0.25) is 0 Å². The van der Waals surface area contributed by atoms with Crippen LogP contribution in [-0.4, -0.2) is 34.6 Å². The molecular formula is C15H22FNS2. The number of benzene rings is 1. The normalized spacial score (nSPS) is 29.2. The van der Waals surface area contributed by atoms with Crippen LogP contribution in [-0.2, 0) is 6.42 Å². The number of rotatable bonds is 4. The van der Waals surface area contributed by atoms with Gasteiger partial charge < -0.3 is 5.32 Å². The molecule has 1 heterocycles. The highest BCUT2D eigenvalue weighted by atomic mass is 32.2. The van der Waals surface area contributed by atoms with Crippen molar-refractivity contribution in [2.75, 3.05) is 12.8 Å². The first-order valence-corrected chi connectivity index (χ1v) is 8.78. The number of hydrogen-bond acceptors (Lipinski definition) is 3. The van der Waals surface area contributed by atoms with Crippen LogP contribution in [0.25, 0.3) is 0 Å². The van der Waals surface area contributed by atoms with Crippen LogP contribution in [0.5, 0.6) is 0 Å². The van der Waals surface area contributed by atoms with Crippen molar-refractivity contribution in [2.45, 2.75) is 42.1 Å². The molecule has 1 aromatic rings. The minimum absolute atomic E-state index is 0.139. The maximum atomic E-state index is 13.2. The molecule has 1 fully saturated rings. The third-order valence-electron chi connectivity index (χ3n) is 3.74. The lowest BCUT2D eigenvalue weighted by molar-refractivity contribution is 0.550. The molecule has 1 nitrogen and oxygen atoms in total. The standard InChI is InChI=1S/C15H22FNS2/c1-10-11(2)19-15(9-18-10)14(17-3)8-12-5-4-6-13(16)7-12/h4-7,10-11,14-15,17H,8-9H2,1-3H3. The van der Waals surface area contributed by atoms with Crippen molar-refractivity contribution in [3.63, 3.8) is 0 Å². The Kier molecular flexibility index (Phi) is 5.60. The van der Waals surface area contributed by atoms with Gasteiger partial charge in [-0.3, -0.25) is 0 Å². The van der Waals surface area contributed by atoms with Crippen LogP contribution in [0.3, 0.4) is 0 Å². The molecule has 0 aliphatic carbocycles. The highest BCUT2D eigenvalue weighted by molar-refractivity contribution is 8.07. The lowest BCUT2D eigenvalue weighted by Crippen LogP contribution is -2.43. The van der Waals surface area contributed by atoms with Crippen molar-refractivity contribution >= 4 is 23.5 Å². The topological polar surface area (TPSA) is 12.0 Å². The van der Waals surface area contributed by atoms with Gasteiger partial charge in [-0.25, -0.2) is 4.39 Å². The fourth-order valence-electron chi connectivity index (χ4n) is 2.36. The Labute approximate surface area is 124 Å². The largest absolute Gasteiger partial charge is 0.316 e. The second-order valence-electron chi connectivity index (χ2n) is 5.15. The fraction of sp³-hybridized carbons (Fsp3) is 0.600. The summed E-state index contributed by atoms with van der Waals surface area (Å²) < 4.78 is 13.2. The Balaban J connectivity index is 2.00. The Hall–Kier alpha value is -0.190. The van der Waals surface area contributed by atoms with E-state index in [9.17, 15) is 4.39 Å². The van der Waals surface area contributed by atoms with E-state index in [2.05, 4.69) is 42.7 Å². The maximum absolute atomic E-state index is 13.2. The lowest BCUT2D eigenvalue weighted by Gasteiger charge is -2.36. The average molecular weight is 299 g/mol. The molecule has 4 unspecified atom stereocenters. The van der Waals surface area contributed by atoms with Gasteiger partial charge in [-0.1, -0.05) is 26.0 Å². The molecule has 1 aliphatic heterocycles. The van der Waals surface area contributed by atoms with E-state index in [1.54, 1.807) is 12.1 Å². The van der Waals surface area contributed by atoms with Crippen molar-refractivity contribution in [1.29, 1.82) is 0 Å². The molecule has 106 valence electrons. The van der Waals surface area contributed by atoms with Crippen molar-refractivity contribution in [3.8, 4) is 0 Å². The number of likely N-dealkylation sites (N-methyl/N-ethyl adjacent to an activating group) is 1. The van der Waals surface area contributed by atoms with Crippen LogP contribution in [0.4, 0.5) is 4.39 Å². The molecule has 0 radical (unpaired) electrons. The molecule has 1 saturated heterocycles. The second-order valence-corrected chi connectivity index (χ2v) is 8.18. The van der Waals surface area contributed by atoms with Crippen LogP contribution in [0.2, 0.25) is 0 Å².